The fourth-order valence-electron chi connectivity index (χ4n) is 3.93. The van der Waals surface area contributed by atoms with Gasteiger partial charge in [0, 0.05) is 24.2 Å². The first-order valence-electron chi connectivity index (χ1n) is 12.6. The monoisotopic (exact) mass is 516 g/mol. The number of aromatic nitrogens is 1. The predicted molar refractivity (Wildman–Crippen MR) is 145 cm³/mol. The van der Waals surface area contributed by atoms with Crippen molar-refractivity contribution >= 4 is 16.9 Å². The summed E-state index contributed by atoms with van der Waals surface area (Å²) in [6.07, 6.45) is 1.51. The summed E-state index contributed by atoms with van der Waals surface area (Å²) in [4.78, 5) is 16.4. The van der Waals surface area contributed by atoms with Crippen molar-refractivity contribution in [3.63, 3.8) is 0 Å². The van der Waals surface area contributed by atoms with Crippen molar-refractivity contribution in [1.29, 1.82) is 0 Å². The van der Waals surface area contributed by atoms with Gasteiger partial charge in [0.25, 0.3) is 0 Å². The molecule has 0 fully saturated rings. The number of para-hydroxylation sites is 1. The van der Waals surface area contributed by atoms with Crippen LogP contribution in [0, 0.1) is 0 Å². The Bertz CT molecular complexity index is 1310. The van der Waals surface area contributed by atoms with E-state index in [9.17, 15) is 15.0 Å². The van der Waals surface area contributed by atoms with E-state index < -0.39 is 6.10 Å². The smallest absolute Gasteiger partial charge is 0.338 e. The van der Waals surface area contributed by atoms with Gasteiger partial charge in [-0.2, -0.15) is 0 Å². The van der Waals surface area contributed by atoms with E-state index >= 15 is 0 Å². The average molecular weight is 517 g/mol. The zero-order valence-corrected chi connectivity index (χ0v) is 21.2. The van der Waals surface area contributed by atoms with Crippen molar-refractivity contribution in [3.8, 4) is 17.2 Å². The molecular weight excluding hydrogens is 484 g/mol. The Hall–Kier alpha value is -3.98. The third-order valence-electron chi connectivity index (χ3n) is 5.90. The predicted octanol–water partition coefficient (Wildman–Crippen LogP) is 4.14. The first-order chi connectivity index (χ1) is 18.6. The summed E-state index contributed by atoms with van der Waals surface area (Å²) in [6, 6.07) is 23.7. The Morgan fingerprint density at radius 3 is 2.53 bits per heavy atom. The summed E-state index contributed by atoms with van der Waals surface area (Å²) in [5.74, 6) is 1.59. The van der Waals surface area contributed by atoms with Gasteiger partial charge in [0.2, 0.25) is 0 Å². The van der Waals surface area contributed by atoms with Gasteiger partial charge in [0.05, 0.1) is 24.3 Å². The maximum Gasteiger partial charge on any atom is 0.338 e. The maximum absolute atomic E-state index is 12.0. The van der Waals surface area contributed by atoms with Crippen LogP contribution in [0.2, 0.25) is 0 Å². The molecule has 0 radical (unpaired) electrons. The Morgan fingerprint density at radius 2 is 1.79 bits per heavy atom. The average Bonchev–Trinajstić information content (AvgIpc) is 2.95. The van der Waals surface area contributed by atoms with Gasteiger partial charge in [-0.15, -0.1) is 0 Å². The minimum absolute atomic E-state index is 0.0681. The Labute approximate surface area is 221 Å². The van der Waals surface area contributed by atoms with E-state index in [1.165, 1.54) is 0 Å². The van der Waals surface area contributed by atoms with Crippen LogP contribution in [0.5, 0.6) is 17.2 Å². The van der Waals surface area contributed by atoms with Crippen molar-refractivity contribution in [2.75, 3.05) is 26.4 Å². The van der Waals surface area contributed by atoms with Crippen LogP contribution in [-0.4, -0.2) is 59.7 Å². The van der Waals surface area contributed by atoms with Crippen molar-refractivity contribution in [3.05, 3.63) is 96.2 Å². The molecule has 3 N–H and O–H groups in total. The van der Waals surface area contributed by atoms with Crippen molar-refractivity contribution in [1.82, 2.24) is 10.3 Å². The number of aliphatic hydroxyl groups is 2. The molecule has 0 saturated carbocycles. The number of aliphatic hydroxyl groups excluding tert-OH is 2. The lowest BCUT2D eigenvalue weighted by atomic mass is 10.1. The van der Waals surface area contributed by atoms with Crippen LogP contribution in [-0.2, 0) is 11.2 Å². The van der Waals surface area contributed by atoms with Crippen molar-refractivity contribution in [2.24, 2.45) is 0 Å². The second-order valence-corrected chi connectivity index (χ2v) is 8.78. The van der Waals surface area contributed by atoms with Gasteiger partial charge in [-0.1, -0.05) is 30.3 Å². The van der Waals surface area contributed by atoms with Crippen LogP contribution >= 0.6 is 0 Å². The molecule has 2 atom stereocenters. The summed E-state index contributed by atoms with van der Waals surface area (Å²) in [6.45, 7) is 2.47. The number of rotatable bonds is 13. The molecule has 198 valence electrons. The summed E-state index contributed by atoms with van der Waals surface area (Å²) in [7, 11) is 0. The standard InChI is InChI=1S/C30H32N2O6/c1-2-36-30(35)22-10-13-27-28(17-22)31-15-14-29(27)38-26-11-8-21(9-12-26)16-23(19-33)32-18-24(34)20-37-25-6-4-3-5-7-25/h3-15,17,23-24,32-34H,2,16,18-20H2,1H3/t23-,24?/m0/s1. The molecule has 8 heteroatoms. The van der Waals surface area contributed by atoms with Gasteiger partial charge in [-0.25, -0.2) is 4.79 Å². The Morgan fingerprint density at radius 1 is 1.00 bits per heavy atom. The van der Waals surface area contributed by atoms with Gasteiger partial charge in [0.1, 0.15) is 30.0 Å². The summed E-state index contributed by atoms with van der Waals surface area (Å²) >= 11 is 0. The minimum atomic E-state index is -0.705. The van der Waals surface area contributed by atoms with E-state index in [1.807, 2.05) is 54.6 Å². The zero-order valence-electron chi connectivity index (χ0n) is 21.2. The number of hydrogen-bond acceptors (Lipinski definition) is 8. The minimum Gasteiger partial charge on any atom is -0.491 e. The van der Waals surface area contributed by atoms with E-state index in [-0.39, 0.29) is 25.2 Å². The molecule has 1 unspecified atom stereocenters. The molecule has 38 heavy (non-hydrogen) atoms. The van der Waals surface area contributed by atoms with Crippen molar-refractivity contribution < 1.29 is 29.2 Å². The first-order valence-corrected chi connectivity index (χ1v) is 12.6. The van der Waals surface area contributed by atoms with Gasteiger partial charge < -0.3 is 29.7 Å². The maximum atomic E-state index is 12.0. The number of ether oxygens (including phenoxy) is 3. The fourth-order valence-corrected chi connectivity index (χ4v) is 3.93. The summed E-state index contributed by atoms with van der Waals surface area (Å²) < 4.78 is 16.7. The van der Waals surface area contributed by atoms with Crippen LogP contribution in [0.15, 0.2) is 85.1 Å². The van der Waals surface area contributed by atoms with Crippen LogP contribution in [0.1, 0.15) is 22.8 Å². The van der Waals surface area contributed by atoms with Gasteiger partial charge in [-0.3, -0.25) is 4.98 Å². The molecule has 1 heterocycles. The molecule has 0 bridgehead atoms. The third-order valence-corrected chi connectivity index (χ3v) is 5.90. The quantitative estimate of drug-likeness (QED) is 0.228. The van der Waals surface area contributed by atoms with E-state index in [2.05, 4.69) is 10.3 Å². The normalized spacial score (nSPS) is 12.6. The highest BCUT2D eigenvalue weighted by Gasteiger charge is 2.13. The second-order valence-electron chi connectivity index (χ2n) is 8.78. The topological polar surface area (TPSA) is 110 Å². The highest BCUT2D eigenvalue weighted by molar-refractivity contribution is 5.95. The number of pyridine rings is 1. The molecule has 1 aromatic heterocycles. The first kappa shape index (κ1) is 27.1. The molecule has 0 aliphatic rings. The molecule has 4 aromatic rings. The number of carbonyl (C=O) groups excluding carboxylic acids is 1. The van der Waals surface area contributed by atoms with Crippen LogP contribution < -0.4 is 14.8 Å². The highest BCUT2D eigenvalue weighted by Crippen LogP contribution is 2.29. The largest absolute Gasteiger partial charge is 0.491 e. The van der Waals surface area contributed by atoms with Gasteiger partial charge in [-0.05, 0) is 67.4 Å². The summed E-state index contributed by atoms with van der Waals surface area (Å²) in [5, 5.41) is 24.0. The van der Waals surface area contributed by atoms with E-state index in [0.29, 0.717) is 47.9 Å². The number of carbonyl (C=O) groups is 1. The molecule has 0 spiro atoms. The zero-order chi connectivity index (χ0) is 26.7. The number of nitrogens with one attached hydrogen (secondary N) is 1. The number of nitrogens with zero attached hydrogens (tertiary/aromatic N) is 1. The molecule has 0 aliphatic heterocycles. The lowest BCUT2D eigenvalue weighted by molar-refractivity contribution is 0.0526. The van der Waals surface area contributed by atoms with Gasteiger partial charge >= 0.3 is 5.97 Å². The van der Waals surface area contributed by atoms with Gasteiger partial charge in [0.15, 0.2) is 0 Å². The Balaban J connectivity index is 1.31. The molecule has 0 saturated heterocycles. The highest BCUT2D eigenvalue weighted by atomic mass is 16.5. The lowest BCUT2D eigenvalue weighted by Gasteiger charge is -2.19. The number of esters is 1. The van der Waals surface area contributed by atoms with Crippen LogP contribution in [0.4, 0.5) is 0 Å². The molecule has 4 rings (SSSR count). The fraction of sp³-hybridized carbons (Fsp3) is 0.267. The van der Waals surface area contributed by atoms with E-state index in [0.717, 1.165) is 10.9 Å². The Kier molecular flexibility index (Phi) is 9.64. The third kappa shape index (κ3) is 7.52. The SMILES string of the molecule is CCOC(=O)c1ccc2c(Oc3ccc(C[C@@H](CO)NCC(O)COc4ccccc4)cc3)ccnc2c1. The summed E-state index contributed by atoms with van der Waals surface area (Å²) in [5.41, 5.74) is 2.09. The molecule has 8 nitrogen and oxygen atoms in total. The molecule has 3 aromatic carbocycles. The molecule has 0 amide bonds. The molecule has 0 aliphatic carbocycles. The number of benzene rings is 3. The number of fused-ring (bicyclic) bond motifs is 1. The lowest BCUT2D eigenvalue weighted by Crippen LogP contribution is -2.41. The van der Waals surface area contributed by atoms with Crippen molar-refractivity contribution in [2.45, 2.75) is 25.5 Å². The number of hydrogen-bond donors (Lipinski definition) is 3. The van der Waals surface area contributed by atoms with E-state index in [1.54, 1.807) is 37.4 Å². The van der Waals surface area contributed by atoms with Crippen LogP contribution in [0.3, 0.4) is 0 Å². The molecular formula is C30H32N2O6. The second kappa shape index (κ2) is 13.5. The van der Waals surface area contributed by atoms with Crippen LogP contribution in [0.25, 0.3) is 10.9 Å². The van der Waals surface area contributed by atoms with E-state index in [4.69, 9.17) is 14.2 Å².